The van der Waals surface area contributed by atoms with Gasteiger partial charge in [-0.15, -0.1) is 0 Å². The molecule has 0 saturated carbocycles. The summed E-state index contributed by atoms with van der Waals surface area (Å²) in [5.41, 5.74) is 0. The lowest BCUT2D eigenvalue weighted by Crippen LogP contribution is -1.85. The van der Waals surface area contributed by atoms with Gasteiger partial charge in [0.15, 0.2) is 0 Å². The Bertz CT molecular complexity index is 401. The lowest BCUT2D eigenvalue weighted by atomic mass is 10.5. The molecule has 0 amide bonds. The quantitative estimate of drug-likeness (QED) is 0.774. The molecule has 0 unspecified atom stereocenters. The number of nitrogens with zero attached hydrogens (tertiary/aromatic N) is 3. The van der Waals surface area contributed by atoms with E-state index < -0.39 is 0 Å². The van der Waals surface area contributed by atoms with Crippen LogP contribution < -0.4 is 4.74 Å². The zero-order chi connectivity index (χ0) is 9.80. The molecule has 5 heteroatoms. The molecule has 0 bridgehead atoms. The normalized spacial score (nSPS) is 10.1. The summed E-state index contributed by atoms with van der Waals surface area (Å²) in [5.74, 6) is 1.50. The minimum Gasteiger partial charge on any atom is -0.428 e. The standard InChI is InChI=1S/C9H9N3OS/c1-2-8-11-9(14-12-8)13-7-4-3-5-10-6-7/h3-6H,2H2,1H3. The highest BCUT2D eigenvalue weighted by Crippen LogP contribution is 2.21. The maximum atomic E-state index is 5.44. The average molecular weight is 207 g/mol. The molecule has 0 aliphatic heterocycles. The number of ether oxygens (including phenoxy) is 1. The fourth-order valence-corrected chi connectivity index (χ4v) is 1.56. The van der Waals surface area contributed by atoms with Crippen LogP contribution in [-0.4, -0.2) is 14.3 Å². The SMILES string of the molecule is CCc1nsc(Oc2cccnc2)n1. The average Bonchev–Trinajstić information content (AvgIpc) is 2.67. The molecule has 2 aromatic rings. The highest BCUT2D eigenvalue weighted by atomic mass is 32.1. The van der Waals surface area contributed by atoms with Crippen LogP contribution in [0, 0.1) is 0 Å². The van der Waals surface area contributed by atoms with Crippen molar-refractivity contribution in [3.8, 4) is 10.9 Å². The third-order valence-electron chi connectivity index (χ3n) is 1.61. The molecule has 14 heavy (non-hydrogen) atoms. The molecule has 0 N–H and O–H groups in total. The number of aromatic nitrogens is 3. The van der Waals surface area contributed by atoms with Crippen LogP contribution in [0.1, 0.15) is 12.7 Å². The van der Waals surface area contributed by atoms with Crippen LogP contribution in [0.4, 0.5) is 0 Å². The molecule has 72 valence electrons. The highest BCUT2D eigenvalue weighted by Gasteiger charge is 2.03. The minimum atomic E-state index is 0.565. The number of rotatable bonds is 3. The zero-order valence-corrected chi connectivity index (χ0v) is 8.49. The first-order chi connectivity index (χ1) is 6.88. The number of hydrogen-bond donors (Lipinski definition) is 0. The Balaban J connectivity index is 2.11. The van der Waals surface area contributed by atoms with Gasteiger partial charge in [-0.3, -0.25) is 4.98 Å². The van der Waals surface area contributed by atoms with Crippen LogP contribution >= 0.6 is 11.5 Å². The fourth-order valence-electron chi connectivity index (χ4n) is 0.931. The third kappa shape index (κ3) is 2.05. The van der Waals surface area contributed by atoms with Crippen molar-refractivity contribution in [2.45, 2.75) is 13.3 Å². The summed E-state index contributed by atoms with van der Waals surface area (Å²) >= 11 is 1.26. The number of pyridine rings is 1. The second-order valence-corrected chi connectivity index (χ2v) is 3.34. The van der Waals surface area contributed by atoms with E-state index in [-0.39, 0.29) is 0 Å². The summed E-state index contributed by atoms with van der Waals surface area (Å²) in [6, 6.07) is 3.65. The van der Waals surface area contributed by atoms with Crippen LogP contribution in [0.25, 0.3) is 0 Å². The predicted octanol–water partition coefficient (Wildman–Crippen LogP) is 2.29. The molecule has 2 rings (SSSR count). The third-order valence-corrected chi connectivity index (χ3v) is 2.24. The fraction of sp³-hybridized carbons (Fsp3) is 0.222. The smallest absolute Gasteiger partial charge is 0.298 e. The monoisotopic (exact) mass is 207 g/mol. The van der Waals surface area contributed by atoms with Gasteiger partial charge < -0.3 is 4.74 Å². The maximum absolute atomic E-state index is 5.44. The lowest BCUT2D eigenvalue weighted by molar-refractivity contribution is 0.475. The van der Waals surface area contributed by atoms with Crippen molar-refractivity contribution >= 4 is 11.5 Å². The van der Waals surface area contributed by atoms with Crippen LogP contribution in [0.5, 0.6) is 10.9 Å². The molecule has 2 aromatic heterocycles. The van der Waals surface area contributed by atoms with Gasteiger partial charge in [0.25, 0.3) is 5.19 Å². The first kappa shape index (κ1) is 9.08. The van der Waals surface area contributed by atoms with Gasteiger partial charge >= 0.3 is 0 Å². The van der Waals surface area contributed by atoms with E-state index >= 15 is 0 Å². The molecule has 0 radical (unpaired) electrons. The Morgan fingerprint density at radius 2 is 2.43 bits per heavy atom. The molecule has 0 aromatic carbocycles. The molecule has 0 atom stereocenters. The molecule has 2 heterocycles. The van der Waals surface area contributed by atoms with Crippen molar-refractivity contribution in [1.82, 2.24) is 14.3 Å². The number of aryl methyl sites for hydroxylation is 1. The van der Waals surface area contributed by atoms with Crippen LogP contribution in [0.15, 0.2) is 24.5 Å². The first-order valence-corrected chi connectivity index (χ1v) is 5.06. The van der Waals surface area contributed by atoms with E-state index in [0.29, 0.717) is 10.9 Å². The van der Waals surface area contributed by atoms with E-state index in [2.05, 4.69) is 14.3 Å². The lowest BCUT2D eigenvalue weighted by Gasteiger charge is -1.97. The van der Waals surface area contributed by atoms with E-state index in [9.17, 15) is 0 Å². The zero-order valence-electron chi connectivity index (χ0n) is 7.67. The van der Waals surface area contributed by atoms with Crippen LogP contribution in [-0.2, 0) is 6.42 Å². The summed E-state index contributed by atoms with van der Waals surface area (Å²) in [4.78, 5) is 8.12. The Labute approximate surface area is 85.8 Å². The van der Waals surface area contributed by atoms with Gasteiger partial charge in [0.1, 0.15) is 11.6 Å². The Morgan fingerprint density at radius 3 is 3.07 bits per heavy atom. The molecule has 0 spiro atoms. The summed E-state index contributed by atoms with van der Waals surface area (Å²) in [6.07, 6.45) is 4.17. The molecule has 0 aliphatic rings. The Morgan fingerprint density at radius 1 is 1.50 bits per heavy atom. The van der Waals surface area contributed by atoms with E-state index in [1.54, 1.807) is 12.4 Å². The van der Waals surface area contributed by atoms with Gasteiger partial charge in [0.2, 0.25) is 0 Å². The molecule has 4 nitrogen and oxygen atoms in total. The highest BCUT2D eigenvalue weighted by molar-refractivity contribution is 7.07. The topological polar surface area (TPSA) is 47.9 Å². The van der Waals surface area contributed by atoms with Crippen molar-refractivity contribution < 1.29 is 4.74 Å². The molecule has 0 saturated heterocycles. The van der Waals surface area contributed by atoms with Gasteiger partial charge in [-0.2, -0.15) is 9.36 Å². The summed E-state index contributed by atoms with van der Waals surface area (Å²) in [7, 11) is 0. The van der Waals surface area contributed by atoms with Crippen LogP contribution in [0.3, 0.4) is 0 Å². The molecular weight excluding hydrogens is 198 g/mol. The molecule has 0 aliphatic carbocycles. The van der Waals surface area contributed by atoms with E-state index in [1.807, 2.05) is 19.1 Å². The van der Waals surface area contributed by atoms with Gasteiger partial charge in [-0.1, -0.05) is 6.92 Å². The van der Waals surface area contributed by atoms with E-state index in [0.717, 1.165) is 12.2 Å². The van der Waals surface area contributed by atoms with Crippen molar-refractivity contribution in [2.24, 2.45) is 0 Å². The van der Waals surface area contributed by atoms with Crippen molar-refractivity contribution in [3.05, 3.63) is 30.4 Å². The summed E-state index contributed by atoms with van der Waals surface area (Å²) in [5, 5.41) is 0.565. The second kappa shape index (κ2) is 4.15. The minimum absolute atomic E-state index is 0.565. The largest absolute Gasteiger partial charge is 0.428 e. The van der Waals surface area contributed by atoms with E-state index in [1.165, 1.54) is 11.5 Å². The van der Waals surface area contributed by atoms with Crippen LogP contribution in [0.2, 0.25) is 0 Å². The predicted molar refractivity (Wildman–Crippen MR) is 53.6 cm³/mol. The van der Waals surface area contributed by atoms with Gasteiger partial charge in [0.05, 0.1) is 6.20 Å². The van der Waals surface area contributed by atoms with Gasteiger partial charge in [-0.05, 0) is 12.1 Å². The van der Waals surface area contributed by atoms with Crippen molar-refractivity contribution in [3.63, 3.8) is 0 Å². The molecular formula is C9H9N3OS. The summed E-state index contributed by atoms with van der Waals surface area (Å²) < 4.78 is 9.56. The second-order valence-electron chi connectivity index (χ2n) is 2.62. The maximum Gasteiger partial charge on any atom is 0.298 e. The van der Waals surface area contributed by atoms with Crippen molar-refractivity contribution in [2.75, 3.05) is 0 Å². The Hall–Kier alpha value is -1.49. The van der Waals surface area contributed by atoms with Gasteiger partial charge in [0, 0.05) is 24.2 Å². The number of hydrogen-bond acceptors (Lipinski definition) is 5. The Kier molecular flexibility index (Phi) is 2.69. The van der Waals surface area contributed by atoms with E-state index in [4.69, 9.17) is 4.74 Å². The van der Waals surface area contributed by atoms with Crippen molar-refractivity contribution in [1.29, 1.82) is 0 Å². The molecule has 0 fully saturated rings. The summed E-state index contributed by atoms with van der Waals surface area (Å²) in [6.45, 7) is 2.01. The first-order valence-electron chi connectivity index (χ1n) is 4.29. The van der Waals surface area contributed by atoms with Gasteiger partial charge in [-0.25, -0.2) is 0 Å².